The Hall–Kier alpha value is -2.97. The monoisotopic (exact) mass is 504 g/mol. The number of rotatable bonds is 4. The Bertz CT molecular complexity index is 1370. The van der Waals surface area contributed by atoms with E-state index in [9.17, 15) is 9.59 Å². The number of anilines is 1. The van der Waals surface area contributed by atoms with Gasteiger partial charge in [0.25, 0.3) is 11.5 Å². The molecule has 0 N–H and O–H groups in total. The molecule has 8 heteroatoms. The van der Waals surface area contributed by atoms with Gasteiger partial charge in [0.1, 0.15) is 15.8 Å². The van der Waals surface area contributed by atoms with Crippen molar-refractivity contribution in [2.24, 2.45) is 11.8 Å². The van der Waals surface area contributed by atoms with Crippen molar-refractivity contribution < 1.29 is 4.79 Å². The van der Waals surface area contributed by atoms with Gasteiger partial charge in [-0.2, -0.15) is 0 Å². The Labute approximate surface area is 214 Å². The van der Waals surface area contributed by atoms with E-state index in [1.54, 1.807) is 21.6 Å². The van der Waals surface area contributed by atoms with Crippen LogP contribution in [0.1, 0.15) is 44.4 Å². The number of carbonyl (C=O) groups is 1. The van der Waals surface area contributed by atoms with Crippen molar-refractivity contribution in [2.45, 2.75) is 33.2 Å². The number of carbonyl (C=O) groups excluding carboxylic acids is 1. The highest BCUT2D eigenvalue weighted by atomic mass is 32.2. The minimum absolute atomic E-state index is 0.180. The highest BCUT2D eigenvalue weighted by molar-refractivity contribution is 8.26. The fourth-order valence-corrected chi connectivity index (χ4v) is 6.52. The molecule has 6 nitrogen and oxygen atoms in total. The predicted molar refractivity (Wildman–Crippen MR) is 146 cm³/mol. The number of nitrogens with zero attached hydrogens (tertiary/aromatic N) is 4. The second-order valence-corrected chi connectivity index (χ2v) is 11.2. The summed E-state index contributed by atoms with van der Waals surface area (Å²) in [6.45, 7) is 8.08. The van der Waals surface area contributed by atoms with Crippen LogP contribution in [0.5, 0.6) is 0 Å². The van der Waals surface area contributed by atoms with Crippen LogP contribution in [0.15, 0.2) is 64.4 Å². The number of amides is 1. The standard InChI is InChI=1S/C27H28N4O2S2/c1-17-13-18(2)16-29(15-17)24-21(25(32)30-12-8-7-11-23(30)28-24)14-22-26(33)31(27(34)35-22)19(3)20-9-5-4-6-10-20/h4-12,14,17-19H,13,15-16H2,1-3H3/b22-14-/t17-,18-,19-/m0/s1. The van der Waals surface area contributed by atoms with E-state index in [4.69, 9.17) is 17.2 Å². The first kappa shape index (κ1) is 23.8. The fraction of sp³-hybridized carbons (Fsp3) is 0.333. The van der Waals surface area contributed by atoms with Crippen LogP contribution < -0.4 is 10.5 Å². The lowest BCUT2D eigenvalue weighted by molar-refractivity contribution is -0.123. The minimum atomic E-state index is -0.200. The van der Waals surface area contributed by atoms with Crippen LogP contribution in [0.2, 0.25) is 0 Å². The Balaban J connectivity index is 1.59. The molecule has 5 rings (SSSR count). The summed E-state index contributed by atoms with van der Waals surface area (Å²) in [5.74, 6) is 1.45. The van der Waals surface area contributed by atoms with Crippen molar-refractivity contribution >= 4 is 51.7 Å². The van der Waals surface area contributed by atoms with E-state index < -0.39 is 0 Å². The first-order valence-corrected chi connectivity index (χ1v) is 13.1. The zero-order valence-corrected chi connectivity index (χ0v) is 21.7. The van der Waals surface area contributed by atoms with Gasteiger partial charge in [0, 0.05) is 19.3 Å². The van der Waals surface area contributed by atoms with Crippen LogP contribution >= 0.6 is 24.0 Å². The molecule has 3 atom stereocenters. The first-order valence-electron chi connectivity index (χ1n) is 11.9. The van der Waals surface area contributed by atoms with E-state index in [1.165, 1.54) is 11.8 Å². The quantitative estimate of drug-likeness (QED) is 0.362. The zero-order chi connectivity index (χ0) is 24.7. The minimum Gasteiger partial charge on any atom is -0.355 e. The molecule has 2 aliphatic rings. The van der Waals surface area contributed by atoms with Crippen LogP contribution in [0.3, 0.4) is 0 Å². The van der Waals surface area contributed by atoms with Gasteiger partial charge in [-0.3, -0.25) is 18.9 Å². The molecule has 0 radical (unpaired) electrons. The van der Waals surface area contributed by atoms with Gasteiger partial charge in [0.05, 0.1) is 16.5 Å². The van der Waals surface area contributed by atoms with Gasteiger partial charge in [0.15, 0.2) is 0 Å². The highest BCUT2D eigenvalue weighted by Gasteiger charge is 2.37. The third kappa shape index (κ3) is 4.52. The molecule has 4 heterocycles. The van der Waals surface area contributed by atoms with Crippen LogP contribution in [0, 0.1) is 11.8 Å². The van der Waals surface area contributed by atoms with Gasteiger partial charge >= 0.3 is 0 Å². The lowest BCUT2D eigenvalue weighted by atomic mass is 9.91. The maximum absolute atomic E-state index is 13.7. The SMILES string of the molecule is C[C@H]1C[C@H](C)CN(c2nc3ccccn3c(=O)c2/C=C2\SC(=S)N([C@@H](C)c3ccccc3)C2=O)C1. The maximum Gasteiger partial charge on any atom is 0.267 e. The smallest absolute Gasteiger partial charge is 0.267 e. The number of thioether (sulfide) groups is 1. The number of piperidine rings is 1. The molecule has 1 amide bonds. The molecule has 2 aliphatic heterocycles. The van der Waals surface area contributed by atoms with Crippen molar-refractivity contribution in [3.63, 3.8) is 0 Å². The van der Waals surface area contributed by atoms with Crippen LogP contribution in [0.25, 0.3) is 11.7 Å². The molecule has 0 spiro atoms. The summed E-state index contributed by atoms with van der Waals surface area (Å²) < 4.78 is 2.03. The van der Waals surface area contributed by atoms with E-state index in [0.29, 0.717) is 38.1 Å². The summed E-state index contributed by atoms with van der Waals surface area (Å²) in [5, 5.41) is 0. The Morgan fingerprint density at radius 1 is 1.06 bits per heavy atom. The maximum atomic E-state index is 13.7. The molecule has 0 bridgehead atoms. The summed E-state index contributed by atoms with van der Waals surface area (Å²) in [7, 11) is 0. The van der Waals surface area contributed by atoms with E-state index in [-0.39, 0.29) is 17.5 Å². The topological polar surface area (TPSA) is 57.9 Å². The number of pyridine rings is 1. The van der Waals surface area contributed by atoms with Crippen LogP contribution in [0.4, 0.5) is 5.82 Å². The third-order valence-corrected chi connectivity index (χ3v) is 8.02. The van der Waals surface area contributed by atoms with Gasteiger partial charge in [-0.25, -0.2) is 4.98 Å². The molecular weight excluding hydrogens is 476 g/mol. The normalized spacial score (nSPS) is 22.9. The van der Waals surface area contributed by atoms with Crippen molar-refractivity contribution in [3.8, 4) is 0 Å². The van der Waals surface area contributed by atoms with Crippen LogP contribution in [-0.4, -0.2) is 37.6 Å². The largest absolute Gasteiger partial charge is 0.355 e. The third-order valence-electron chi connectivity index (χ3n) is 6.69. The Morgan fingerprint density at radius 2 is 1.74 bits per heavy atom. The second-order valence-electron chi connectivity index (χ2n) is 9.57. The number of thiocarbonyl (C=S) groups is 1. The average molecular weight is 505 g/mol. The van der Waals surface area contributed by atoms with Crippen molar-refractivity contribution in [2.75, 3.05) is 18.0 Å². The molecular formula is C27H28N4O2S2. The zero-order valence-electron chi connectivity index (χ0n) is 20.0. The van der Waals surface area contributed by atoms with Gasteiger partial charge < -0.3 is 4.90 Å². The highest BCUT2D eigenvalue weighted by Crippen LogP contribution is 2.38. The molecule has 180 valence electrons. The lowest BCUT2D eigenvalue weighted by Crippen LogP contribution is -2.40. The molecule has 1 aromatic carbocycles. The fourth-order valence-electron chi connectivity index (χ4n) is 5.12. The number of fused-ring (bicyclic) bond motifs is 1. The molecule has 2 aromatic heterocycles. The Morgan fingerprint density at radius 3 is 2.46 bits per heavy atom. The molecule has 2 fully saturated rings. The number of benzene rings is 1. The lowest BCUT2D eigenvalue weighted by Gasteiger charge is -2.36. The summed E-state index contributed by atoms with van der Waals surface area (Å²) in [5.41, 5.74) is 1.86. The summed E-state index contributed by atoms with van der Waals surface area (Å²) in [6, 6.07) is 15.2. The first-order chi connectivity index (χ1) is 16.8. The molecule has 3 aromatic rings. The second kappa shape index (κ2) is 9.59. The van der Waals surface area contributed by atoms with Gasteiger partial charge in [0.2, 0.25) is 0 Å². The molecule has 0 aliphatic carbocycles. The molecule has 0 saturated carbocycles. The predicted octanol–water partition coefficient (Wildman–Crippen LogP) is 5.14. The van der Waals surface area contributed by atoms with Gasteiger partial charge in [-0.15, -0.1) is 0 Å². The van der Waals surface area contributed by atoms with E-state index in [0.717, 1.165) is 25.1 Å². The summed E-state index contributed by atoms with van der Waals surface area (Å²) in [4.78, 5) is 36.3. The number of hydrogen-bond donors (Lipinski definition) is 0. The van der Waals surface area contributed by atoms with E-state index in [1.807, 2.05) is 55.5 Å². The molecule has 35 heavy (non-hydrogen) atoms. The van der Waals surface area contributed by atoms with Crippen molar-refractivity contribution in [3.05, 3.63) is 81.1 Å². The summed E-state index contributed by atoms with van der Waals surface area (Å²) in [6.07, 6.45) is 4.56. The molecule has 0 unspecified atom stereocenters. The van der Waals surface area contributed by atoms with Gasteiger partial charge in [-0.05, 0) is 49.0 Å². The van der Waals surface area contributed by atoms with E-state index in [2.05, 4.69) is 18.7 Å². The van der Waals surface area contributed by atoms with Crippen molar-refractivity contribution in [1.29, 1.82) is 0 Å². The summed E-state index contributed by atoms with van der Waals surface area (Å²) >= 11 is 6.85. The van der Waals surface area contributed by atoms with Crippen LogP contribution in [-0.2, 0) is 4.79 Å². The molecule has 2 saturated heterocycles. The number of aromatic nitrogens is 2. The Kier molecular flexibility index (Phi) is 6.51. The van der Waals surface area contributed by atoms with Gasteiger partial charge in [-0.1, -0.05) is 74.2 Å². The average Bonchev–Trinajstić information content (AvgIpc) is 3.12. The number of hydrogen-bond acceptors (Lipinski definition) is 6. The van der Waals surface area contributed by atoms with Crippen molar-refractivity contribution in [1.82, 2.24) is 14.3 Å². The van der Waals surface area contributed by atoms with E-state index >= 15 is 0 Å².